The molecule has 0 aromatic heterocycles. The number of alkyl halides is 3. The van der Waals surface area contributed by atoms with Gasteiger partial charge >= 0.3 is 6.18 Å². The smallest absolute Gasteiger partial charge is 0.354 e. The molecule has 7 nitrogen and oxygen atoms in total. The van der Waals surface area contributed by atoms with Crippen LogP contribution in [0.15, 0.2) is 77.3 Å². The van der Waals surface area contributed by atoms with E-state index >= 15 is 0 Å². The monoisotopic (exact) mass is 701 g/mol. The summed E-state index contributed by atoms with van der Waals surface area (Å²) < 4.78 is 67.6. The Labute approximate surface area is 263 Å². The highest BCUT2D eigenvalue weighted by molar-refractivity contribution is 9.10. The summed E-state index contributed by atoms with van der Waals surface area (Å²) in [7, 11) is -4.31. The molecule has 0 radical (unpaired) electrons. The number of sulfonamides is 1. The number of hydrogen-bond acceptors (Lipinski definition) is 4. The third kappa shape index (κ3) is 9.97. The molecule has 0 heterocycles. The van der Waals surface area contributed by atoms with Crippen LogP contribution in [-0.4, -0.2) is 50.5 Å². The molecule has 2 amide bonds. The van der Waals surface area contributed by atoms with Crippen LogP contribution in [0.5, 0.6) is 0 Å². The molecule has 3 rings (SSSR count). The van der Waals surface area contributed by atoms with Gasteiger partial charge in [-0.1, -0.05) is 83.8 Å². The van der Waals surface area contributed by atoms with Crippen LogP contribution >= 0.6 is 27.5 Å². The Balaban J connectivity index is 2.11. The van der Waals surface area contributed by atoms with E-state index in [4.69, 9.17) is 11.6 Å². The Morgan fingerprint density at radius 3 is 2.21 bits per heavy atom. The van der Waals surface area contributed by atoms with E-state index in [0.29, 0.717) is 22.5 Å². The summed E-state index contributed by atoms with van der Waals surface area (Å²) >= 11 is 9.58. The van der Waals surface area contributed by atoms with Gasteiger partial charge in [-0.25, -0.2) is 8.42 Å². The summed E-state index contributed by atoms with van der Waals surface area (Å²) in [5.41, 5.74) is -0.242. The average Bonchev–Trinajstić information content (AvgIpc) is 2.92. The van der Waals surface area contributed by atoms with E-state index in [0.717, 1.165) is 28.4 Å². The van der Waals surface area contributed by atoms with Gasteiger partial charge in [0, 0.05) is 24.0 Å². The Morgan fingerprint density at radius 2 is 1.63 bits per heavy atom. The molecule has 0 saturated carbocycles. The third-order valence-electron chi connectivity index (χ3n) is 6.42. The van der Waals surface area contributed by atoms with E-state index in [2.05, 4.69) is 21.2 Å². The first-order valence-corrected chi connectivity index (χ1v) is 16.3. The summed E-state index contributed by atoms with van der Waals surface area (Å²) in [5.74, 6) is -1.15. The maximum atomic E-state index is 14.1. The molecule has 1 N–H and O–H groups in total. The number of anilines is 1. The van der Waals surface area contributed by atoms with Crippen LogP contribution in [-0.2, 0) is 38.8 Å². The lowest BCUT2D eigenvalue weighted by Crippen LogP contribution is -2.53. The zero-order valence-corrected chi connectivity index (χ0v) is 26.9. The minimum atomic E-state index is -4.78. The van der Waals surface area contributed by atoms with Crippen LogP contribution in [0, 0.1) is 5.92 Å². The first-order valence-electron chi connectivity index (χ1n) is 13.3. The van der Waals surface area contributed by atoms with E-state index in [-0.39, 0.29) is 23.9 Å². The van der Waals surface area contributed by atoms with Crippen molar-refractivity contribution >= 4 is 55.1 Å². The predicted molar refractivity (Wildman–Crippen MR) is 165 cm³/mol. The quantitative estimate of drug-likeness (QED) is 0.240. The Kier molecular flexibility index (Phi) is 11.7. The largest absolute Gasteiger partial charge is 0.416 e. The molecule has 0 aliphatic rings. The lowest BCUT2D eigenvalue weighted by atomic mass is 10.0. The summed E-state index contributed by atoms with van der Waals surface area (Å²) in [4.78, 5) is 29.0. The molecule has 0 spiro atoms. The van der Waals surface area contributed by atoms with Crippen molar-refractivity contribution in [3.05, 3.63) is 99.0 Å². The van der Waals surface area contributed by atoms with Gasteiger partial charge in [0.25, 0.3) is 0 Å². The van der Waals surface area contributed by atoms with E-state index in [1.54, 1.807) is 48.5 Å². The van der Waals surface area contributed by atoms with Crippen molar-refractivity contribution < 1.29 is 31.2 Å². The minimum absolute atomic E-state index is 0.0845. The van der Waals surface area contributed by atoms with Crippen molar-refractivity contribution in [3.8, 4) is 0 Å². The third-order valence-corrected chi connectivity index (χ3v) is 8.36. The molecular weight excluding hydrogens is 671 g/mol. The fraction of sp³-hybridized carbons (Fsp3) is 0.333. The highest BCUT2D eigenvalue weighted by Crippen LogP contribution is 2.36. The van der Waals surface area contributed by atoms with E-state index in [1.165, 1.54) is 4.90 Å². The maximum Gasteiger partial charge on any atom is 0.416 e. The summed E-state index contributed by atoms with van der Waals surface area (Å²) in [6.07, 6.45) is -3.91. The molecule has 13 heteroatoms. The average molecular weight is 703 g/mol. The number of benzene rings is 3. The van der Waals surface area contributed by atoms with Crippen molar-refractivity contribution in [2.24, 2.45) is 5.92 Å². The van der Waals surface area contributed by atoms with Crippen molar-refractivity contribution in [2.45, 2.75) is 39.0 Å². The highest BCUT2D eigenvalue weighted by atomic mass is 79.9. The second-order valence-electron chi connectivity index (χ2n) is 10.4. The van der Waals surface area contributed by atoms with Gasteiger partial charge in [0.2, 0.25) is 21.8 Å². The fourth-order valence-electron chi connectivity index (χ4n) is 4.28. The fourth-order valence-corrected chi connectivity index (χ4v) is 5.85. The van der Waals surface area contributed by atoms with Crippen LogP contribution in [0.3, 0.4) is 0 Å². The number of nitrogens with one attached hydrogen (secondary N) is 1. The van der Waals surface area contributed by atoms with Crippen LogP contribution in [0.4, 0.5) is 18.9 Å². The topological polar surface area (TPSA) is 86.8 Å². The SMILES string of the molecule is CC(C)CNC(=O)[C@H](Cc1ccccc1)N(Cc1cccc(Br)c1)C(=O)CN(c1cc(C(F)(F)F)ccc1Cl)S(C)(=O)=O. The van der Waals surface area contributed by atoms with E-state index < -0.39 is 51.9 Å². The highest BCUT2D eigenvalue weighted by Gasteiger charge is 2.36. The van der Waals surface area contributed by atoms with Crippen molar-refractivity contribution in [1.82, 2.24) is 10.2 Å². The molecule has 232 valence electrons. The Morgan fingerprint density at radius 1 is 0.977 bits per heavy atom. The summed E-state index contributed by atoms with van der Waals surface area (Å²) in [6, 6.07) is 17.2. The van der Waals surface area contributed by atoms with Crippen molar-refractivity contribution in [2.75, 3.05) is 23.7 Å². The van der Waals surface area contributed by atoms with Gasteiger partial charge in [0.15, 0.2) is 0 Å². The van der Waals surface area contributed by atoms with Crippen LogP contribution in [0.2, 0.25) is 5.02 Å². The normalized spacial score (nSPS) is 12.6. The van der Waals surface area contributed by atoms with E-state index in [9.17, 15) is 31.2 Å². The first-order chi connectivity index (χ1) is 20.1. The second-order valence-corrected chi connectivity index (χ2v) is 13.7. The van der Waals surface area contributed by atoms with Gasteiger partial charge in [-0.2, -0.15) is 13.2 Å². The Bertz CT molecular complexity index is 1540. The lowest BCUT2D eigenvalue weighted by molar-refractivity contribution is -0.140. The van der Waals surface area contributed by atoms with Gasteiger partial charge in [-0.05, 0) is 47.4 Å². The zero-order chi connectivity index (χ0) is 31.9. The van der Waals surface area contributed by atoms with Crippen molar-refractivity contribution in [3.63, 3.8) is 0 Å². The molecular formula is C30H32BrClF3N3O4S. The predicted octanol–water partition coefficient (Wildman–Crippen LogP) is 6.30. The first kappa shape index (κ1) is 34.4. The molecule has 3 aromatic carbocycles. The van der Waals surface area contributed by atoms with Gasteiger partial charge in [0.05, 0.1) is 22.5 Å². The molecule has 0 bridgehead atoms. The minimum Gasteiger partial charge on any atom is -0.354 e. The number of halogens is 5. The molecule has 43 heavy (non-hydrogen) atoms. The van der Waals surface area contributed by atoms with Gasteiger partial charge in [-0.3, -0.25) is 13.9 Å². The van der Waals surface area contributed by atoms with Crippen LogP contribution in [0.1, 0.15) is 30.5 Å². The molecule has 0 fully saturated rings. The van der Waals surface area contributed by atoms with Crippen molar-refractivity contribution in [1.29, 1.82) is 0 Å². The standard InChI is InChI=1S/C30H32BrClF3N3O4S/c1-20(2)17-36-29(40)27(15-21-8-5-4-6-9-21)37(18-22-10-7-11-24(31)14-22)28(39)19-38(43(3,41)42)26-16-23(30(33,34)35)12-13-25(26)32/h4-14,16,20,27H,15,17-19H2,1-3H3,(H,36,40)/t27-/m0/s1. The number of carbonyl (C=O) groups is 2. The number of hydrogen-bond donors (Lipinski definition) is 1. The van der Waals surface area contributed by atoms with Crippen LogP contribution < -0.4 is 9.62 Å². The molecule has 0 aliphatic carbocycles. The van der Waals surface area contributed by atoms with Crippen LogP contribution in [0.25, 0.3) is 0 Å². The van der Waals surface area contributed by atoms with Gasteiger partial charge < -0.3 is 10.2 Å². The second kappa shape index (κ2) is 14.6. The summed E-state index contributed by atoms with van der Waals surface area (Å²) in [5, 5.41) is 2.57. The molecule has 1 atom stereocenters. The number of amides is 2. The van der Waals surface area contributed by atoms with E-state index in [1.807, 2.05) is 19.9 Å². The number of nitrogens with zero attached hydrogens (tertiary/aromatic N) is 2. The molecule has 3 aromatic rings. The maximum absolute atomic E-state index is 14.1. The molecule has 0 unspecified atom stereocenters. The van der Waals surface area contributed by atoms with Gasteiger partial charge in [0.1, 0.15) is 12.6 Å². The molecule has 0 saturated heterocycles. The summed E-state index contributed by atoms with van der Waals surface area (Å²) in [6.45, 7) is 3.19. The zero-order valence-electron chi connectivity index (χ0n) is 23.7. The van der Waals surface area contributed by atoms with Gasteiger partial charge in [-0.15, -0.1) is 0 Å². The number of carbonyl (C=O) groups excluding carboxylic acids is 2. The lowest BCUT2D eigenvalue weighted by Gasteiger charge is -2.34. The molecule has 0 aliphatic heterocycles. The number of rotatable bonds is 12. The Hall–Kier alpha value is -3.09.